The van der Waals surface area contributed by atoms with Crippen LogP contribution in [0, 0.1) is 10.1 Å². The molecular weight excluding hydrogens is 374 g/mol. The molecule has 26 heavy (non-hydrogen) atoms. The zero-order valence-corrected chi connectivity index (χ0v) is 14.7. The molecule has 0 fully saturated rings. The fourth-order valence-electron chi connectivity index (χ4n) is 2.72. The second-order valence-electron chi connectivity index (χ2n) is 5.60. The lowest BCUT2D eigenvalue weighted by molar-refractivity contribution is -0.384. The number of halogens is 1. The number of nitro benzene ring substituents is 1. The number of carbonyl (C=O) groups is 1. The molecule has 0 bridgehead atoms. The maximum atomic E-state index is 12.4. The highest BCUT2D eigenvalue weighted by atomic mass is 35.5. The van der Waals surface area contributed by atoms with Gasteiger partial charge in [-0.3, -0.25) is 14.9 Å². The molecule has 2 aromatic carbocycles. The molecule has 4 rings (SSSR count). The molecule has 0 spiro atoms. The number of benzene rings is 2. The van der Waals surface area contributed by atoms with E-state index in [1.807, 2.05) is 18.2 Å². The number of Topliss-reactive ketones (excluding diaryl/α,β-unsaturated/α-hetero) is 1. The van der Waals surface area contributed by atoms with Gasteiger partial charge in [0.2, 0.25) is 5.78 Å². The van der Waals surface area contributed by atoms with E-state index in [2.05, 4.69) is 0 Å². The van der Waals surface area contributed by atoms with Gasteiger partial charge >= 0.3 is 0 Å². The van der Waals surface area contributed by atoms with E-state index in [1.165, 1.54) is 24.1 Å². The highest BCUT2D eigenvalue weighted by Gasteiger charge is 2.25. The summed E-state index contributed by atoms with van der Waals surface area (Å²) in [7, 11) is 0. The van der Waals surface area contributed by atoms with Gasteiger partial charge in [0.15, 0.2) is 0 Å². The van der Waals surface area contributed by atoms with Gasteiger partial charge in [0.05, 0.1) is 21.7 Å². The van der Waals surface area contributed by atoms with Crippen LogP contribution in [0.1, 0.15) is 15.9 Å². The fraction of sp³-hybridized carbons (Fsp3) is 0. The molecule has 0 aliphatic carbocycles. The molecule has 0 atom stereocenters. The van der Waals surface area contributed by atoms with Gasteiger partial charge in [0, 0.05) is 27.1 Å². The van der Waals surface area contributed by atoms with Crippen LogP contribution < -0.4 is 0 Å². The topological polar surface area (TPSA) is 73.3 Å². The number of ketones is 1. The third kappa shape index (κ3) is 2.94. The summed E-state index contributed by atoms with van der Waals surface area (Å²) in [5.74, 6) is 0.305. The normalized spacial score (nSPS) is 14.7. The zero-order chi connectivity index (χ0) is 18.3. The second kappa shape index (κ2) is 6.48. The first-order valence-electron chi connectivity index (χ1n) is 7.59. The molecule has 3 aromatic rings. The number of fused-ring (bicyclic) bond motifs is 1. The molecule has 5 nitrogen and oxygen atoms in total. The van der Waals surface area contributed by atoms with Gasteiger partial charge in [-0.15, -0.1) is 0 Å². The van der Waals surface area contributed by atoms with E-state index in [0.29, 0.717) is 27.4 Å². The summed E-state index contributed by atoms with van der Waals surface area (Å²) in [5, 5.41) is 11.5. The predicted molar refractivity (Wildman–Crippen MR) is 100 cm³/mol. The Morgan fingerprint density at radius 1 is 1.12 bits per heavy atom. The van der Waals surface area contributed by atoms with Gasteiger partial charge in [-0.2, -0.15) is 0 Å². The summed E-state index contributed by atoms with van der Waals surface area (Å²) in [6.07, 6.45) is 3.19. The van der Waals surface area contributed by atoms with Crippen LogP contribution in [0.15, 0.2) is 69.0 Å². The summed E-state index contributed by atoms with van der Waals surface area (Å²) in [6.45, 7) is 0. The molecule has 0 saturated heterocycles. The van der Waals surface area contributed by atoms with Crippen LogP contribution in [0.3, 0.4) is 0 Å². The Hall–Kier alpha value is -2.83. The SMILES string of the molecule is O=C1C(=Cc2coc(-c3ccc(Cl)cc3[N+](=O)[O-])c2)Sc2ccccc21. The number of furan rings is 1. The lowest BCUT2D eigenvalue weighted by atomic mass is 10.1. The van der Waals surface area contributed by atoms with Crippen LogP contribution in [-0.2, 0) is 0 Å². The Labute approximate surface area is 157 Å². The number of hydrogen-bond donors (Lipinski definition) is 0. The highest BCUT2D eigenvalue weighted by molar-refractivity contribution is 8.04. The number of rotatable bonds is 3. The van der Waals surface area contributed by atoms with Crippen molar-refractivity contribution in [3.63, 3.8) is 0 Å². The summed E-state index contributed by atoms with van der Waals surface area (Å²) >= 11 is 7.24. The minimum absolute atomic E-state index is 0.0363. The van der Waals surface area contributed by atoms with E-state index in [-0.39, 0.29) is 16.5 Å². The molecule has 0 radical (unpaired) electrons. The molecule has 0 N–H and O–H groups in total. The van der Waals surface area contributed by atoms with E-state index in [1.54, 1.807) is 30.3 Å². The van der Waals surface area contributed by atoms with Crippen LogP contribution in [0.5, 0.6) is 0 Å². The minimum atomic E-state index is -0.505. The number of allylic oxidation sites excluding steroid dienone is 1. The lowest BCUT2D eigenvalue weighted by Gasteiger charge is -1.99. The smallest absolute Gasteiger partial charge is 0.281 e. The average molecular weight is 384 g/mol. The third-order valence-electron chi connectivity index (χ3n) is 3.91. The molecule has 2 heterocycles. The first-order valence-corrected chi connectivity index (χ1v) is 8.78. The van der Waals surface area contributed by atoms with Gasteiger partial charge in [0.1, 0.15) is 5.76 Å². The van der Waals surface area contributed by atoms with E-state index in [9.17, 15) is 14.9 Å². The third-order valence-corrected chi connectivity index (χ3v) is 5.25. The van der Waals surface area contributed by atoms with Gasteiger partial charge in [-0.05, 0) is 36.4 Å². The first-order chi connectivity index (χ1) is 12.5. The molecular formula is C19H10ClNO4S. The van der Waals surface area contributed by atoms with Crippen molar-refractivity contribution in [1.29, 1.82) is 0 Å². The Morgan fingerprint density at radius 3 is 2.69 bits per heavy atom. The molecule has 7 heteroatoms. The Kier molecular flexibility index (Phi) is 4.14. The van der Waals surface area contributed by atoms with Crippen molar-refractivity contribution in [3.05, 3.63) is 86.0 Å². The monoisotopic (exact) mass is 383 g/mol. The summed E-state index contributed by atoms with van der Waals surface area (Å²) in [5.41, 5.74) is 1.54. The minimum Gasteiger partial charge on any atom is -0.463 e. The van der Waals surface area contributed by atoms with Crippen LogP contribution >= 0.6 is 23.4 Å². The van der Waals surface area contributed by atoms with E-state index in [4.69, 9.17) is 16.0 Å². The molecule has 128 valence electrons. The number of carbonyl (C=O) groups excluding carboxylic acids is 1. The van der Waals surface area contributed by atoms with Crippen molar-refractivity contribution in [2.45, 2.75) is 4.90 Å². The largest absolute Gasteiger partial charge is 0.463 e. The summed E-state index contributed by atoms with van der Waals surface area (Å²) in [6, 6.07) is 13.5. The van der Waals surface area contributed by atoms with Crippen LogP contribution in [0.2, 0.25) is 5.02 Å². The lowest BCUT2D eigenvalue weighted by Crippen LogP contribution is -1.93. The first kappa shape index (κ1) is 16.6. The standard InChI is InChI=1S/C19H10ClNO4S/c20-12-5-6-13(15(9-12)21(23)24)16-7-11(10-25-16)8-18-19(22)14-3-1-2-4-17(14)26-18/h1-10H. The molecule has 1 aliphatic heterocycles. The predicted octanol–water partition coefficient (Wildman–Crippen LogP) is 5.84. The van der Waals surface area contributed by atoms with Crippen molar-refractivity contribution in [2.24, 2.45) is 0 Å². The number of nitro groups is 1. The van der Waals surface area contributed by atoms with Crippen molar-refractivity contribution >= 4 is 40.9 Å². The quantitative estimate of drug-likeness (QED) is 0.323. The zero-order valence-electron chi connectivity index (χ0n) is 13.1. The van der Waals surface area contributed by atoms with Crippen LogP contribution in [0.4, 0.5) is 5.69 Å². The van der Waals surface area contributed by atoms with Gasteiger partial charge in [0.25, 0.3) is 5.69 Å². The fourth-order valence-corrected chi connectivity index (χ4v) is 3.94. The van der Waals surface area contributed by atoms with Crippen LogP contribution in [-0.4, -0.2) is 10.7 Å². The molecule has 0 amide bonds. The molecule has 1 aliphatic rings. The van der Waals surface area contributed by atoms with Gasteiger partial charge in [-0.25, -0.2) is 0 Å². The van der Waals surface area contributed by atoms with Crippen molar-refractivity contribution in [1.82, 2.24) is 0 Å². The highest BCUT2D eigenvalue weighted by Crippen LogP contribution is 2.41. The van der Waals surface area contributed by atoms with E-state index >= 15 is 0 Å². The van der Waals surface area contributed by atoms with Crippen LogP contribution in [0.25, 0.3) is 17.4 Å². The Balaban J connectivity index is 1.69. The molecule has 1 aromatic heterocycles. The molecule has 0 unspecified atom stereocenters. The van der Waals surface area contributed by atoms with E-state index < -0.39 is 4.92 Å². The molecule has 0 saturated carbocycles. The number of thioether (sulfide) groups is 1. The number of hydrogen-bond acceptors (Lipinski definition) is 5. The maximum absolute atomic E-state index is 12.4. The van der Waals surface area contributed by atoms with Crippen molar-refractivity contribution < 1.29 is 14.1 Å². The Bertz CT molecular complexity index is 1090. The maximum Gasteiger partial charge on any atom is 0.281 e. The summed E-state index contributed by atoms with van der Waals surface area (Å²) in [4.78, 5) is 24.7. The van der Waals surface area contributed by atoms with Gasteiger partial charge in [-0.1, -0.05) is 35.5 Å². The summed E-state index contributed by atoms with van der Waals surface area (Å²) < 4.78 is 5.49. The van der Waals surface area contributed by atoms with Crippen molar-refractivity contribution in [2.75, 3.05) is 0 Å². The number of nitrogens with zero attached hydrogens (tertiary/aromatic N) is 1. The Morgan fingerprint density at radius 2 is 1.92 bits per heavy atom. The van der Waals surface area contributed by atoms with Gasteiger partial charge < -0.3 is 4.42 Å². The van der Waals surface area contributed by atoms with E-state index in [0.717, 1.165) is 4.90 Å². The van der Waals surface area contributed by atoms with Crippen molar-refractivity contribution in [3.8, 4) is 11.3 Å². The average Bonchev–Trinajstić information content (AvgIpc) is 3.21. The second-order valence-corrected chi connectivity index (χ2v) is 7.12.